The fourth-order valence-corrected chi connectivity index (χ4v) is 3.19. The van der Waals surface area contributed by atoms with E-state index in [2.05, 4.69) is 4.90 Å². The van der Waals surface area contributed by atoms with Gasteiger partial charge in [0.1, 0.15) is 17.3 Å². The monoisotopic (exact) mass is 372 g/mol. The fraction of sp³-hybridized carbons (Fsp3) is 0.381. The van der Waals surface area contributed by atoms with Crippen molar-refractivity contribution in [3.8, 4) is 11.5 Å². The average molecular weight is 372 g/mol. The number of carbonyl (C=O) groups is 1. The highest BCUT2D eigenvalue weighted by atomic mass is 19.1. The molecule has 1 heterocycles. The summed E-state index contributed by atoms with van der Waals surface area (Å²) >= 11 is 0. The summed E-state index contributed by atoms with van der Waals surface area (Å²) in [4.78, 5) is 16.9. The Kier molecular flexibility index (Phi) is 6.16. The van der Waals surface area contributed by atoms with Crippen molar-refractivity contribution in [2.24, 2.45) is 0 Å². The van der Waals surface area contributed by atoms with Crippen molar-refractivity contribution in [1.82, 2.24) is 4.90 Å². The number of methoxy groups -OCH3 is 1. The molecule has 1 amide bonds. The molecule has 1 fully saturated rings. The van der Waals surface area contributed by atoms with Crippen molar-refractivity contribution in [3.05, 3.63) is 54.3 Å². The van der Waals surface area contributed by atoms with Gasteiger partial charge in [-0.3, -0.25) is 4.79 Å². The standard InChI is InChI=1S/C21H25FN2O3/c1-3-20(27-19-6-4-5-18(15-19)26-2)21(25)24-13-11-23(12-14-24)17-9-7-16(22)8-10-17/h4-10,15,20H,3,11-14H2,1-2H3/t20-/m1/s1. The molecule has 0 unspecified atom stereocenters. The average Bonchev–Trinajstić information content (AvgIpc) is 2.72. The van der Waals surface area contributed by atoms with Crippen molar-refractivity contribution in [2.75, 3.05) is 38.2 Å². The zero-order chi connectivity index (χ0) is 19.2. The molecule has 2 aromatic carbocycles. The lowest BCUT2D eigenvalue weighted by molar-refractivity contribution is -0.139. The van der Waals surface area contributed by atoms with Gasteiger partial charge in [-0.15, -0.1) is 0 Å². The van der Waals surface area contributed by atoms with Crippen LogP contribution in [-0.2, 0) is 4.79 Å². The molecule has 0 N–H and O–H groups in total. The van der Waals surface area contributed by atoms with Crippen molar-refractivity contribution in [3.63, 3.8) is 0 Å². The summed E-state index contributed by atoms with van der Waals surface area (Å²) in [7, 11) is 1.60. The van der Waals surface area contributed by atoms with Crippen LogP contribution >= 0.6 is 0 Å². The predicted molar refractivity (Wildman–Crippen MR) is 103 cm³/mol. The van der Waals surface area contributed by atoms with E-state index in [1.54, 1.807) is 25.3 Å². The van der Waals surface area contributed by atoms with Gasteiger partial charge >= 0.3 is 0 Å². The van der Waals surface area contributed by atoms with Gasteiger partial charge < -0.3 is 19.3 Å². The number of hydrogen-bond donors (Lipinski definition) is 0. The van der Waals surface area contributed by atoms with Gasteiger partial charge in [0, 0.05) is 37.9 Å². The minimum Gasteiger partial charge on any atom is -0.497 e. The molecule has 2 aromatic rings. The number of anilines is 1. The van der Waals surface area contributed by atoms with Crippen LogP contribution in [0, 0.1) is 5.82 Å². The van der Waals surface area contributed by atoms with Gasteiger partial charge in [-0.1, -0.05) is 13.0 Å². The maximum absolute atomic E-state index is 13.1. The van der Waals surface area contributed by atoms with E-state index in [-0.39, 0.29) is 11.7 Å². The Labute approximate surface area is 159 Å². The Hall–Kier alpha value is -2.76. The van der Waals surface area contributed by atoms with Crippen LogP contribution in [0.25, 0.3) is 0 Å². The molecule has 1 atom stereocenters. The van der Waals surface area contributed by atoms with Crippen molar-refractivity contribution >= 4 is 11.6 Å². The summed E-state index contributed by atoms with van der Waals surface area (Å²) in [6.45, 7) is 4.61. The minimum absolute atomic E-state index is 0.000856. The first-order valence-electron chi connectivity index (χ1n) is 9.20. The summed E-state index contributed by atoms with van der Waals surface area (Å²) in [6, 6.07) is 13.7. The summed E-state index contributed by atoms with van der Waals surface area (Å²) in [5.41, 5.74) is 0.975. The molecule has 3 rings (SSSR count). The van der Waals surface area contributed by atoms with Gasteiger partial charge in [-0.05, 0) is 42.8 Å². The Bertz CT molecular complexity index is 758. The van der Waals surface area contributed by atoms with Crippen LogP contribution < -0.4 is 14.4 Å². The SMILES string of the molecule is CC[C@@H](Oc1cccc(OC)c1)C(=O)N1CCN(c2ccc(F)cc2)CC1. The van der Waals surface area contributed by atoms with E-state index in [9.17, 15) is 9.18 Å². The molecule has 5 nitrogen and oxygen atoms in total. The van der Waals surface area contributed by atoms with Gasteiger partial charge in [0.25, 0.3) is 5.91 Å². The highest BCUT2D eigenvalue weighted by Crippen LogP contribution is 2.22. The molecule has 0 saturated carbocycles. The number of ether oxygens (including phenoxy) is 2. The number of carbonyl (C=O) groups excluding carboxylic acids is 1. The second-order valence-corrected chi connectivity index (χ2v) is 6.48. The first-order valence-corrected chi connectivity index (χ1v) is 9.20. The molecule has 0 radical (unpaired) electrons. The molecule has 0 bridgehead atoms. The molecular formula is C21H25FN2O3. The maximum Gasteiger partial charge on any atom is 0.263 e. The molecule has 6 heteroatoms. The van der Waals surface area contributed by atoms with Gasteiger partial charge in [0.05, 0.1) is 7.11 Å². The maximum atomic E-state index is 13.1. The van der Waals surface area contributed by atoms with Crippen molar-refractivity contribution in [2.45, 2.75) is 19.4 Å². The highest BCUT2D eigenvalue weighted by Gasteiger charge is 2.28. The quantitative estimate of drug-likeness (QED) is 0.780. The van der Waals surface area contributed by atoms with Crippen LogP contribution in [-0.4, -0.2) is 50.2 Å². The third kappa shape index (κ3) is 4.70. The second-order valence-electron chi connectivity index (χ2n) is 6.48. The fourth-order valence-electron chi connectivity index (χ4n) is 3.19. The number of nitrogens with zero attached hydrogens (tertiary/aromatic N) is 2. The number of halogens is 1. The van der Waals surface area contributed by atoms with E-state index in [0.717, 1.165) is 5.69 Å². The number of hydrogen-bond acceptors (Lipinski definition) is 4. The third-order valence-electron chi connectivity index (χ3n) is 4.75. The Morgan fingerprint density at radius 1 is 1.07 bits per heavy atom. The largest absolute Gasteiger partial charge is 0.497 e. The van der Waals surface area contributed by atoms with Crippen molar-refractivity contribution in [1.29, 1.82) is 0 Å². The first kappa shape index (κ1) is 19.0. The normalized spacial score (nSPS) is 15.4. The zero-order valence-electron chi connectivity index (χ0n) is 15.7. The zero-order valence-corrected chi connectivity index (χ0v) is 15.7. The van der Waals surface area contributed by atoms with E-state index in [1.165, 1.54) is 12.1 Å². The lowest BCUT2D eigenvalue weighted by atomic mass is 10.2. The topological polar surface area (TPSA) is 42.0 Å². The van der Waals surface area contributed by atoms with Gasteiger partial charge in [0.2, 0.25) is 0 Å². The minimum atomic E-state index is -0.519. The summed E-state index contributed by atoms with van der Waals surface area (Å²) in [6.07, 6.45) is 0.0725. The van der Waals surface area contributed by atoms with E-state index in [0.29, 0.717) is 44.1 Å². The molecule has 1 aliphatic rings. The summed E-state index contributed by atoms with van der Waals surface area (Å²) in [5, 5.41) is 0. The van der Waals surface area contributed by atoms with E-state index >= 15 is 0 Å². The van der Waals surface area contributed by atoms with Gasteiger partial charge in [0.15, 0.2) is 6.10 Å². The number of benzene rings is 2. The lowest BCUT2D eigenvalue weighted by Gasteiger charge is -2.37. The molecule has 0 aromatic heterocycles. The predicted octanol–water partition coefficient (Wildman–Crippen LogP) is 3.34. The molecule has 1 aliphatic heterocycles. The molecule has 144 valence electrons. The van der Waals surface area contributed by atoms with E-state index in [4.69, 9.17) is 9.47 Å². The van der Waals surface area contributed by atoms with Crippen molar-refractivity contribution < 1.29 is 18.7 Å². The lowest BCUT2D eigenvalue weighted by Crippen LogP contribution is -2.52. The Balaban J connectivity index is 1.58. The third-order valence-corrected chi connectivity index (χ3v) is 4.75. The van der Waals surface area contributed by atoms with Crippen LogP contribution in [0.15, 0.2) is 48.5 Å². The highest BCUT2D eigenvalue weighted by molar-refractivity contribution is 5.81. The van der Waals surface area contributed by atoms with Gasteiger partial charge in [-0.2, -0.15) is 0 Å². The number of piperazine rings is 1. The van der Waals surface area contributed by atoms with Gasteiger partial charge in [-0.25, -0.2) is 4.39 Å². The molecule has 27 heavy (non-hydrogen) atoms. The Morgan fingerprint density at radius 2 is 1.74 bits per heavy atom. The summed E-state index contributed by atoms with van der Waals surface area (Å²) < 4.78 is 24.2. The molecular weight excluding hydrogens is 347 g/mol. The van der Waals surface area contributed by atoms with Crippen LogP contribution in [0.2, 0.25) is 0 Å². The van der Waals surface area contributed by atoms with E-state index in [1.807, 2.05) is 30.0 Å². The van der Waals surface area contributed by atoms with Crippen LogP contribution in [0.4, 0.5) is 10.1 Å². The van der Waals surface area contributed by atoms with E-state index < -0.39 is 6.10 Å². The molecule has 0 spiro atoms. The van der Waals surface area contributed by atoms with Crippen LogP contribution in [0.5, 0.6) is 11.5 Å². The van der Waals surface area contributed by atoms with Crippen LogP contribution in [0.3, 0.4) is 0 Å². The Morgan fingerprint density at radius 3 is 2.37 bits per heavy atom. The van der Waals surface area contributed by atoms with Crippen LogP contribution in [0.1, 0.15) is 13.3 Å². The smallest absolute Gasteiger partial charge is 0.263 e. The summed E-state index contributed by atoms with van der Waals surface area (Å²) in [5.74, 6) is 1.08. The second kappa shape index (κ2) is 8.75. The number of rotatable bonds is 6. The molecule has 0 aliphatic carbocycles. The first-order chi connectivity index (χ1) is 13.1. The molecule has 1 saturated heterocycles. The number of amides is 1.